The maximum absolute atomic E-state index is 5.89. The van der Waals surface area contributed by atoms with E-state index in [1.807, 2.05) is 0 Å². The lowest BCUT2D eigenvalue weighted by atomic mass is 10.3. The highest BCUT2D eigenvalue weighted by atomic mass is 79.9. The monoisotopic (exact) mass is 332 g/mol. The lowest BCUT2D eigenvalue weighted by Crippen LogP contribution is -1.94. The van der Waals surface area contributed by atoms with Gasteiger partial charge in [0.25, 0.3) is 0 Å². The molecule has 0 fully saturated rings. The molecule has 0 unspecified atom stereocenters. The van der Waals surface area contributed by atoms with Crippen LogP contribution >= 0.6 is 39.1 Å². The van der Waals surface area contributed by atoms with Crippen LogP contribution in [0, 0.1) is 0 Å². The van der Waals surface area contributed by atoms with Gasteiger partial charge in [-0.1, -0.05) is 23.2 Å². The third kappa shape index (κ3) is 2.83. The summed E-state index contributed by atoms with van der Waals surface area (Å²) < 4.78 is 6.29. The van der Waals surface area contributed by atoms with Crippen molar-refractivity contribution in [3.63, 3.8) is 0 Å². The summed E-state index contributed by atoms with van der Waals surface area (Å²) in [5.74, 6) is 1.05. The fourth-order valence-electron chi connectivity index (χ4n) is 1.20. The van der Waals surface area contributed by atoms with E-state index in [2.05, 4.69) is 20.9 Å². The number of pyridine rings is 1. The highest BCUT2D eigenvalue weighted by molar-refractivity contribution is 9.10. The number of benzene rings is 1. The van der Waals surface area contributed by atoms with Crippen molar-refractivity contribution < 1.29 is 4.74 Å². The van der Waals surface area contributed by atoms with Gasteiger partial charge < -0.3 is 10.5 Å². The summed E-state index contributed by atoms with van der Waals surface area (Å²) in [4.78, 5) is 3.92. The fourth-order valence-corrected chi connectivity index (χ4v) is 1.92. The largest absolute Gasteiger partial charge is 0.454 e. The van der Waals surface area contributed by atoms with Crippen LogP contribution in [-0.2, 0) is 0 Å². The number of hydrogen-bond donors (Lipinski definition) is 1. The zero-order valence-corrected chi connectivity index (χ0v) is 11.6. The first-order valence-corrected chi connectivity index (χ1v) is 6.14. The van der Waals surface area contributed by atoms with E-state index >= 15 is 0 Å². The zero-order valence-electron chi connectivity index (χ0n) is 8.45. The quantitative estimate of drug-likeness (QED) is 0.878. The second-order valence-corrected chi connectivity index (χ2v) is 4.89. The molecule has 0 saturated carbocycles. The molecule has 0 aliphatic heterocycles. The Morgan fingerprint density at radius 3 is 2.59 bits per heavy atom. The molecular formula is C11H7BrCl2N2O. The summed E-state index contributed by atoms with van der Waals surface area (Å²) in [6, 6.07) is 4.99. The Morgan fingerprint density at radius 2 is 1.94 bits per heavy atom. The number of aromatic nitrogens is 1. The molecule has 17 heavy (non-hydrogen) atoms. The molecule has 2 aromatic rings. The summed E-state index contributed by atoms with van der Waals surface area (Å²) in [5, 5.41) is 0.897. The van der Waals surface area contributed by atoms with E-state index in [9.17, 15) is 0 Å². The van der Waals surface area contributed by atoms with Gasteiger partial charge in [0, 0.05) is 12.3 Å². The van der Waals surface area contributed by atoms with E-state index in [4.69, 9.17) is 33.7 Å². The van der Waals surface area contributed by atoms with Crippen molar-refractivity contribution in [1.29, 1.82) is 0 Å². The highest BCUT2D eigenvalue weighted by Crippen LogP contribution is 2.35. The number of halogens is 3. The van der Waals surface area contributed by atoms with Crippen LogP contribution in [0.2, 0.25) is 10.0 Å². The Morgan fingerprint density at radius 1 is 1.18 bits per heavy atom. The van der Waals surface area contributed by atoms with E-state index < -0.39 is 0 Å². The molecule has 1 aromatic heterocycles. The molecule has 88 valence electrons. The normalized spacial score (nSPS) is 10.3. The standard InChI is InChI=1S/C11H7BrCl2N2O/c12-7-4-16-5-10(15)11(7)17-6-1-2-8(13)9(14)3-6/h1-5H,15H2. The molecule has 3 nitrogen and oxygen atoms in total. The Bertz CT molecular complexity index is 543. The molecule has 0 radical (unpaired) electrons. The SMILES string of the molecule is Nc1cncc(Br)c1Oc1ccc(Cl)c(Cl)c1. The van der Waals surface area contributed by atoms with E-state index in [0.29, 0.717) is 31.7 Å². The molecule has 0 amide bonds. The first kappa shape index (κ1) is 12.5. The molecule has 0 aliphatic rings. The maximum Gasteiger partial charge on any atom is 0.167 e. The third-order valence-corrected chi connectivity index (χ3v) is 3.30. The minimum atomic E-state index is 0.424. The minimum Gasteiger partial charge on any atom is -0.454 e. The molecule has 2 rings (SSSR count). The number of nitrogen functional groups attached to an aromatic ring is 1. The van der Waals surface area contributed by atoms with E-state index in [1.165, 1.54) is 6.20 Å². The summed E-state index contributed by atoms with van der Waals surface area (Å²) in [7, 11) is 0. The van der Waals surface area contributed by atoms with Crippen molar-refractivity contribution in [3.05, 3.63) is 45.1 Å². The van der Waals surface area contributed by atoms with Crippen molar-refractivity contribution in [2.75, 3.05) is 5.73 Å². The number of anilines is 1. The Kier molecular flexibility index (Phi) is 3.76. The number of hydrogen-bond acceptors (Lipinski definition) is 3. The van der Waals surface area contributed by atoms with E-state index in [-0.39, 0.29) is 0 Å². The van der Waals surface area contributed by atoms with Crippen molar-refractivity contribution in [2.24, 2.45) is 0 Å². The van der Waals surface area contributed by atoms with Gasteiger partial charge in [0.1, 0.15) is 5.75 Å². The fraction of sp³-hybridized carbons (Fsp3) is 0. The summed E-state index contributed by atoms with van der Waals surface area (Å²) in [5.41, 5.74) is 6.20. The van der Waals surface area contributed by atoms with Crippen molar-refractivity contribution in [2.45, 2.75) is 0 Å². The smallest absolute Gasteiger partial charge is 0.167 e. The zero-order chi connectivity index (χ0) is 12.4. The Labute approximate surface area is 117 Å². The molecule has 1 aromatic carbocycles. The third-order valence-electron chi connectivity index (χ3n) is 1.99. The van der Waals surface area contributed by atoms with Crippen LogP contribution in [0.1, 0.15) is 0 Å². The van der Waals surface area contributed by atoms with Gasteiger partial charge in [0.05, 0.1) is 26.4 Å². The number of ether oxygens (including phenoxy) is 1. The predicted molar refractivity (Wildman–Crippen MR) is 72.9 cm³/mol. The molecule has 0 bridgehead atoms. The van der Waals surface area contributed by atoms with Crippen LogP contribution in [0.3, 0.4) is 0 Å². The first-order chi connectivity index (χ1) is 8.08. The molecule has 0 aliphatic carbocycles. The van der Waals surface area contributed by atoms with Gasteiger partial charge in [-0.3, -0.25) is 4.98 Å². The van der Waals surface area contributed by atoms with Crippen molar-refractivity contribution in [1.82, 2.24) is 4.98 Å². The van der Waals surface area contributed by atoms with Gasteiger partial charge in [-0.05, 0) is 28.1 Å². The van der Waals surface area contributed by atoms with Gasteiger partial charge in [-0.15, -0.1) is 0 Å². The lowest BCUT2D eigenvalue weighted by molar-refractivity contribution is 0.481. The average Bonchev–Trinajstić information content (AvgIpc) is 2.28. The first-order valence-electron chi connectivity index (χ1n) is 4.60. The number of nitrogens with zero attached hydrogens (tertiary/aromatic N) is 1. The minimum absolute atomic E-state index is 0.424. The van der Waals surface area contributed by atoms with Crippen LogP contribution < -0.4 is 10.5 Å². The van der Waals surface area contributed by atoms with Crippen molar-refractivity contribution in [3.8, 4) is 11.5 Å². The van der Waals surface area contributed by atoms with Gasteiger partial charge in [0.2, 0.25) is 0 Å². The average molecular weight is 334 g/mol. The number of rotatable bonds is 2. The van der Waals surface area contributed by atoms with E-state index in [0.717, 1.165) is 0 Å². The van der Waals surface area contributed by atoms with Crippen LogP contribution in [0.5, 0.6) is 11.5 Å². The summed E-state index contributed by atoms with van der Waals surface area (Å²) in [6.07, 6.45) is 3.11. The molecule has 0 saturated heterocycles. The molecular weight excluding hydrogens is 327 g/mol. The van der Waals surface area contributed by atoms with Gasteiger partial charge >= 0.3 is 0 Å². The Hall–Kier alpha value is -0.970. The number of nitrogens with two attached hydrogens (primary N) is 1. The molecule has 2 N–H and O–H groups in total. The van der Waals surface area contributed by atoms with Crippen LogP contribution in [0.4, 0.5) is 5.69 Å². The molecule has 1 heterocycles. The second-order valence-electron chi connectivity index (χ2n) is 3.22. The van der Waals surface area contributed by atoms with Gasteiger partial charge in [0.15, 0.2) is 5.75 Å². The molecule has 0 atom stereocenters. The van der Waals surface area contributed by atoms with Crippen LogP contribution in [0.25, 0.3) is 0 Å². The summed E-state index contributed by atoms with van der Waals surface area (Å²) in [6.45, 7) is 0. The second kappa shape index (κ2) is 5.12. The van der Waals surface area contributed by atoms with Crippen LogP contribution in [0.15, 0.2) is 35.1 Å². The van der Waals surface area contributed by atoms with Crippen LogP contribution in [-0.4, -0.2) is 4.98 Å². The summed E-state index contributed by atoms with van der Waals surface area (Å²) >= 11 is 15.0. The Balaban J connectivity index is 2.35. The van der Waals surface area contributed by atoms with Crippen molar-refractivity contribution >= 4 is 44.8 Å². The van der Waals surface area contributed by atoms with Gasteiger partial charge in [-0.25, -0.2) is 0 Å². The lowest BCUT2D eigenvalue weighted by Gasteiger charge is -2.10. The predicted octanol–water partition coefficient (Wildman–Crippen LogP) is 4.53. The maximum atomic E-state index is 5.89. The highest BCUT2D eigenvalue weighted by Gasteiger charge is 2.08. The van der Waals surface area contributed by atoms with Gasteiger partial charge in [-0.2, -0.15) is 0 Å². The topological polar surface area (TPSA) is 48.1 Å². The molecule has 6 heteroatoms. The molecule has 0 spiro atoms. The van der Waals surface area contributed by atoms with E-state index in [1.54, 1.807) is 24.4 Å².